The number of hydrogen-bond acceptors (Lipinski definition) is 3. The fourth-order valence-corrected chi connectivity index (χ4v) is 1.09. The lowest BCUT2D eigenvalue weighted by Gasteiger charge is -2.18. The minimum absolute atomic E-state index is 0.0254. The van der Waals surface area contributed by atoms with Gasteiger partial charge in [-0.2, -0.15) is 0 Å². The number of nitrogens with zero attached hydrogens (tertiary/aromatic N) is 1. The summed E-state index contributed by atoms with van der Waals surface area (Å²) in [6.45, 7) is 2.94. The van der Waals surface area contributed by atoms with E-state index in [2.05, 4.69) is 4.90 Å². The van der Waals surface area contributed by atoms with E-state index >= 15 is 0 Å². The quantitative estimate of drug-likeness (QED) is 0.593. The summed E-state index contributed by atoms with van der Waals surface area (Å²) in [5.74, 6) is 0.0254. The van der Waals surface area contributed by atoms with Crippen molar-refractivity contribution in [1.82, 2.24) is 4.90 Å². The van der Waals surface area contributed by atoms with Gasteiger partial charge in [0.1, 0.15) is 6.29 Å². The van der Waals surface area contributed by atoms with Gasteiger partial charge in [-0.1, -0.05) is 6.92 Å². The smallest absolute Gasteiger partial charge is 0.124 e. The molecule has 0 saturated carbocycles. The van der Waals surface area contributed by atoms with Crippen LogP contribution in [-0.2, 0) is 4.79 Å². The lowest BCUT2D eigenvalue weighted by Crippen LogP contribution is -2.32. The first-order chi connectivity index (χ1) is 5.61. The van der Waals surface area contributed by atoms with Crippen LogP contribution in [0.4, 0.5) is 0 Å². The lowest BCUT2D eigenvalue weighted by molar-refractivity contribution is -0.111. The third-order valence-electron chi connectivity index (χ3n) is 2.11. The topological polar surface area (TPSA) is 46.3 Å². The summed E-state index contributed by atoms with van der Waals surface area (Å²) >= 11 is 0. The fourth-order valence-electron chi connectivity index (χ4n) is 1.09. The molecule has 12 heavy (non-hydrogen) atoms. The molecule has 0 radical (unpaired) electrons. The molecule has 72 valence electrons. The van der Waals surface area contributed by atoms with E-state index in [1.807, 2.05) is 21.0 Å². The highest BCUT2D eigenvalue weighted by atomic mass is 16.1. The monoisotopic (exact) mass is 172 g/mol. The second kappa shape index (κ2) is 6.14. The van der Waals surface area contributed by atoms with Crippen LogP contribution >= 0.6 is 0 Å². The molecule has 0 amide bonds. The summed E-state index contributed by atoms with van der Waals surface area (Å²) in [7, 11) is 4.00. The minimum atomic E-state index is 0.0254. The average Bonchev–Trinajstić information content (AvgIpc) is 2.04. The molecule has 2 N–H and O–H groups in total. The van der Waals surface area contributed by atoms with E-state index < -0.39 is 0 Å². The molecular weight excluding hydrogens is 152 g/mol. The molecule has 3 nitrogen and oxygen atoms in total. The highest BCUT2D eigenvalue weighted by molar-refractivity contribution is 5.54. The maximum atomic E-state index is 10.6. The molecule has 2 unspecified atom stereocenters. The van der Waals surface area contributed by atoms with Gasteiger partial charge < -0.3 is 15.4 Å². The third-order valence-corrected chi connectivity index (χ3v) is 2.11. The predicted octanol–water partition coefficient (Wildman–Crippen LogP) is 0.490. The summed E-state index contributed by atoms with van der Waals surface area (Å²) < 4.78 is 0. The molecular formula is C9H20N2O. The normalized spacial score (nSPS) is 16.1. The highest BCUT2D eigenvalue weighted by Crippen LogP contribution is 2.07. The number of rotatable bonds is 6. The van der Waals surface area contributed by atoms with Gasteiger partial charge in [0, 0.05) is 12.0 Å². The number of hydrogen-bond donors (Lipinski definition) is 1. The van der Waals surface area contributed by atoms with Crippen molar-refractivity contribution in [2.45, 2.75) is 25.8 Å². The molecule has 0 fully saturated rings. The lowest BCUT2D eigenvalue weighted by atomic mass is 9.96. The van der Waals surface area contributed by atoms with Crippen LogP contribution in [0.15, 0.2) is 0 Å². The van der Waals surface area contributed by atoms with Crippen molar-refractivity contribution >= 4 is 6.29 Å². The van der Waals surface area contributed by atoms with E-state index in [4.69, 9.17) is 5.73 Å². The van der Waals surface area contributed by atoms with E-state index in [1.54, 1.807) is 0 Å². The Morgan fingerprint density at radius 1 is 1.50 bits per heavy atom. The number of carbonyl (C=O) groups is 1. The zero-order valence-electron chi connectivity index (χ0n) is 8.29. The van der Waals surface area contributed by atoms with Crippen molar-refractivity contribution < 1.29 is 4.79 Å². The van der Waals surface area contributed by atoms with E-state index in [0.717, 1.165) is 25.7 Å². The van der Waals surface area contributed by atoms with E-state index in [9.17, 15) is 4.79 Å². The maximum absolute atomic E-state index is 10.6. The van der Waals surface area contributed by atoms with Crippen molar-refractivity contribution in [2.24, 2.45) is 11.7 Å². The molecule has 0 rings (SSSR count). The van der Waals surface area contributed by atoms with Gasteiger partial charge >= 0.3 is 0 Å². The first-order valence-corrected chi connectivity index (χ1v) is 4.47. The molecule has 3 heteroatoms. The molecule has 0 aromatic heterocycles. The maximum Gasteiger partial charge on any atom is 0.124 e. The van der Waals surface area contributed by atoms with Crippen LogP contribution in [0.1, 0.15) is 19.8 Å². The molecule has 0 heterocycles. The summed E-state index contributed by atoms with van der Waals surface area (Å²) in [5.41, 5.74) is 5.76. The van der Waals surface area contributed by atoms with Crippen molar-refractivity contribution in [3.63, 3.8) is 0 Å². The second-order valence-corrected chi connectivity index (χ2v) is 3.46. The molecule has 0 aromatic carbocycles. The summed E-state index contributed by atoms with van der Waals surface area (Å²) in [6.07, 6.45) is 2.72. The summed E-state index contributed by atoms with van der Waals surface area (Å²) in [4.78, 5) is 12.7. The number of carbonyl (C=O) groups excluding carboxylic acids is 1. The van der Waals surface area contributed by atoms with Crippen molar-refractivity contribution in [3.05, 3.63) is 0 Å². The molecule has 0 bridgehead atoms. The van der Waals surface area contributed by atoms with Gasteiger partial charge in [0.05, 0.1) is 0 Å². The van der Waals surface area contributed by atoms with Gasteiger partial charge in [-0.15, -0.1) is 0 Å². The Labute approximate surface area is 74.9 Å². The highest BCUT2D eigenvalue weighted by Gasteiger charge is 2.14. The van der Waals surface area contributed by atoms with E-state index in [0.29, 0.717) is 0 Å². The average molecular weight is 172 g/mol. The zero-order chi connectivity index (χ0) is 9.56. The van der Waals surface area contributed by atoms with Crippen LogP contribution in [0.3, 0.4) is 0 Å². The largest absolute Gasteiger partial charge is 0.327 e. The molecule has 0 aliphatic rings. The third kappa shape index (κ3) is 4.46. The van der Waals surface area contributed by atoms with Crippen LogP contribution in [0.2, 0.25) is 0 Å². The Bertz CT molecular complexity index is 126. The van der Waals surface area contributed by atoms with Crippen molar-refractivity contribution in [3.8, 4) is 0 Å². The van der Waals surface area contributed by atoms with Crippen LogP contribution < -0.4 is 5.73 Å². The Hall–Kier alpha value is -0.410. The molecule has 0 aliphatic heterocycles. The molecule has 0 aliphatic carbocycles. The molecule has 0 spiro atoms. The fraction of sp³-hybridized carbons (Fsp3) is 0.889. The standard InChI is InChI=1S/C9H20N2O/c1-4-9(10)8(7-12)5-6-11(2)3/h7-9H,4-6,10H2,1-3H3. The first kappa shape index (κ1) is 11.6. The number of aldehydes is 1. The Morgan fingerprint density at radius 2 is 2.08 bits per heavy atom. The molecule has 0 saturated heterocycles. The Kier molecular flexibility index (Phi) is 5.93. The van der Waals surface area contributed by atoms with Gasteiger partial charge in [-0.25, -0.2) is 0 Å². The number of nitrogens with two attached hydrogens (primary N) is 1. The zero-order valence-corrected chi connectivity index (χ0v) is 8.29. The van der Waals surface area contributed by atoms with Crippen molar-refractivity contribution in [1.29, 1.82) is 0 Å². The van der Waals surface area contributed by atoms with E-state index in [-0.39, 0.29) is 12.0 Å². The SMILES string of the molecule is CCC(N)C(C=O)CCN(C)C. The van der Waals surface area contributed by atoms with E-state index in [1.165, 1.54) is 0 Å². The van der Waals surface area contributed by atoms with Crippen LogP contribution in [-0.4, -0.2) is 37.9 Å². The van der Waals surface area contributed by atoms with Crippen LogP contribution in [0.5, 0.6) is 0 Å². The van der Waals surface area contributed by atoms with Gasteiger partial charge in [-0.05, 0) is 33.5 Å². The Balaban J connectivity index is 3.74. The van der Waals surface area contributed by atoms with Crippen molar-refractivity contribution in [2.75, 3.05) is 20.6 Å². The molecule has 0 aromatic rings. The summed E-state index contributed by atoms with van der Waals surface area (Å²) in [6, 6.07) is 0.0300. The second-order valence-electron chi connectivity index (χ2n) is 3.46. The van der Waals surface area contributed by atoms with Crippen LogP contribution in [0.25, 0.3) is 0 Å². The molecule has 2 atom stereocenters. The Morgan fingerprint density at radius 3 is 2.42 bits per heavy atom. The van der Waals surface area contributed by atoms with Gasteiger partial charge in [0.25, 0.3) is 0 Å². The minimum Gasteiger partial charge on any atom is -0.327 e. The predicted molar refractivity (Wildman–Crippen MR) is 51.0 cm³/mol. The van der Waals surface area contributed by atoms with Gasteiger partial charge in [0.2, 0.25) is 0 Å². The van der Waals surface area contributed by atoms with Gasteiger partial charge in [0.15, 0.2) is 0 Å². The van der Waals surface area contributed by atoms with Crippen LogP contribution in [0, 0.1) is 5.92 Å². The summed E-state index contributed by atoms with van der Waals surface area (Å²) in [5, 5.41) is 0. The first-order valence-electron chi connectivity index (χ1n) is 4.47. The van der Waals surface area contributed by atoms with Gasteiger partial charge in [-0.3, -0.25) is 0 Å².